The van der Waals surface area contributed by atoms with E-state index < -0.39 is 9.84 Å². The molecule has 1 aliphatic rings. The van der Waals surface area contributed by atoms with Crippen molar-refractivity contribution < 1.29 is 8.42 Å². The molecule has 0 aromatic heterocycles. The van der Waals surface area contributed by atoms with Crippen LogP contribution in [-0.4, -0.2) is 20.2 Å². The first-order chi connectivity index (χ1) is 8.55. The molecular formula is C13H18BrNO2S. The minimum Gasteiger partial charge on any atom is -0.330 e. The smallest absolute Gasteiger partial charge is 0.181 e. The molecule has 2 atom stereocenters. The van der Waals surface area contributed by atoms with Crippen LogP contribution < -0.4 is 5.73 Å². The first kappa shape index (κ1) is 14.0. The maximum absolute atomic E-state index is 12.6. The van der Waals surface area contributed by atoms with Crippen LogP contribution in [0.15, 0.2) is 33.6 Å². The fourth-order valence-electron chi connectivity index (χ4n) is 2.65. The van der Waals surface area contributed by atoms with Gasteiger partial charge in [-0.3, -0.25) is 0 Å². The van der Waals surface area contributed by atoms with Gasteiger partial charge in [0.25, 0.3) is 0 Å². The lowest BCUT2D eigenvalue weighted by atomic mass is 9.89. The van der Waals surface area contributed by atoms with E-state index >= 15 is 0 Å². The molecule has 0 saturated heterocycles. The van der Waals surface area contributed by atoms with Gasteiger partial charge in [-0.05, 0) is 49.6 Å². The van der Waals surface area contributed by atoms with Crippen molar-refractivity contribution in [2.24, 2.45) is 11.7 Å². The molecule has 2 unspecified atom stereocenters. The third-order valence-corrected chi connectivity index (χ3v) is 6.56. The van der Waals surface area contributed by atoms with Crippen LogP contribution in [0.4, 0.5) is 0 Å². The molecule has 0 radical (unpaired) electrons. The van der Waals surface area contributed by atoms with E-state index in [1.165, 1.54) is 0 Å². The summed E-state index contributed by atoms with van der Waals surface area (Å²) in [6.45, 7) is 0.459. The van der Waals surface area contributed by atoms with E-state index in [1.54, 1.807) is 24.3 Å². The number of halogens is 1. The Labute approximate surface area is 117 Å². The second kappa shape index (κ2) is 5.72. The van der Waals surface area contributed by atoms with E-state index in [1.807, 2.05) is 0 Å². The van der Waals surface area contributed by atoms with Gasteiger partial charge in [-0.25, -0.2) is 8.42 Å². The van der Waals surface area contributed by atoms with Crippen LogP contribution in [-0.2, 0) is 9.84 Å². The highest BCUT2D eigenvalue weighted by Crippen LogP contribution is 2.32. The molecule has 0 aliphatic heterocycles. The van der Waals surface area contributed by atoms with Gasteiger partial charge in [-0.1, -0.05) is 28.8 Å². The summed E-state index contributed by atoms with van der Waals surface area (Å²) in [6.07, 6.45) is 3.74. The van der Waals surface area contributed by atoms with Crippen LogP contribution in [0.5, 0.6) is 0 Å². The summed E-state index contributed by atoms with van der Waals surface area (Å²) in [7, 11) is -3.24. The summed E-state index contributed by atoms with van der Waals surface area (Å²) in [6, 6.07) is 6.88. The molecule has 0 spiro atoms. The second-order valence-electron chi connectivity index (χ2n) is 4.82. The Kier molecular flexibility index (Phi) is 4.45. The van der Waals surface area contributed by atoms with Crippen LogP contribution >= 0.6 is 15.9 Å². The first-order valence-electron chi connectivity index (χ1n) is 6.25. The Morgan fingerprint density at radius 2 is 1.78 bits per heavy atom. The average Bonchev–Trinajstić information content (AvgIpc) is 2.39. The van der Waals surface area contributed by atoms with Gasteiger partial charge in [-0.15, -0.1) is 0 Å². The van der Waals surface area contributed by atoms with E-state index in [4.69, 9.17) is 5.73 Å². The van der Waals surface area contributed by atoms with Crippen LogP contribution in [0.1, 0.15) is 25.7 Å². The fourth-order valence-corrected chi connectivity index (χ4v) is 5.01. The summed E-state index contributed by atoms with van der Waals surface area (Å²) in [5, 5.41) is -0.308. The lowest BCUT2D eigenvalue weighted by Crippen LogP contribution is -2.37. The van der Waals surface area contributed by atoms with Gasteiger partial charge in [0, 0.05) is 4.47 Å². The van der Waals surface area contributed by atoms with E-state index in [-0.39, 0.29) is 11.2 Å². The molecule has 1 fully saturated rings. The van der Waals surface area contributed by atoms with Crippen LogP contribution in [0, 0.1) is 5.92 Å². The Morgan fingerprint density at radius 3 is 2.39 bits per heavy atom. The normalized spacial score (nSPS) is 25.0. The molecule has 1 saturated carbocycles. The van der Waals surface area contributed by atoms with Crippen molar-refractivity contribution in [3.63, 3.8) is 0 Å². The topological polar surface area (TPSA) is 60.2 Å². The van der Waals surface area contributed by atoms with Crippen molar-refractivity contribution in [3.05, 3.63) is 28.7 Å². The molecular weight excluding hydrogens is 314 g/mol. The van der Waals surface area contributed by atoms with Gasteiger partial charge in [-0.2, -0.15) is 0 Å². The molecule has 100 valence electrons. The van der Waals surface area contributed by atoms with E-state index in [9.17, 15) is 8.42 Å². The lowest BCUT2D eigenvalue weighted by molar-refractivity contribution is 0.363. The monoisotopic (exact) mass is 331 g/mol. The number of hydrogen-bond acceptors (Lipinski definition) is 3. The first-order valence-corrected chi connectivity index (χ1v) is 8.59. The zero-order chi connectivity index (χ0) is 13.2. The Hall–Kier alpha value is -0.390. The molecule has 2 rings (SSSR count). The van der Waals surface area contributed by atoms with E-state index in [0.29, 0.717) is 11.4 Å². The number of benzene rings is 1. The molecule has 1 aromatic rings. The van der Waals surface area contributed by atoms with Gasteiger partial charge < -0.3 is 5.73 Å². The number of sulfone groups is 1. The van der Waals surface area contributed by atoms with Crippen molar-refractivity contribution in [1.29, 1.82) is 0 Å². The minimum absolute atomic E-state index is 0.104. The molecule has 0 heterocycles. The predicted octanol–water partition coefficient (Wildman–Crippen LogP) is 2.74. The molecule has 0 bridgehead atoms. The molecule has 18 heavy (non-hydrogen) atoms. The quantitative estimate of drug-likeness (QED) is 0.926. The van der Waals surface area contributed by atoms with Gasteiger partial charge in [0.1, 0.15) is 0 Å². The predicted molar refractivity (Wildman–Crippen MR) is 76.1 cm³/mol. The summed E-state index contributed by atoms with van der Waals surface area (Å²) < 4.78 is 26.1. The number of rotatable bonds is 3. The summed E-state index contributed by atoms with van der Waals surface area (Å²) in [5.74, 6) is 0.104. The summed E-state index contributed by atoms with van der Waals surface area (Å²) in [5.41, 5.74) is 5.72. The highest BCUT2D eigenvalue weighted by atomic mass is 79.9. The Balaban J connectivity index is 2.32. The highest BCUT2D eigenvalue weighted by Gasteiger charge is 2.35. The molecule has 2 N–H and O–H groups in total. The van der Waals surface area contributed by atoms with Crippen LogP contribution in [0.2, 0.25) is 0 Å². The van der Waals surface area contributed by atoms with Gasteiger partial charge in [0.2, 0.25) is 0 Å². The van der Waals surface area contributed by atoms with Crippen molar-refractivity contribution in [2.75, 3.05) is 6.54 Å². The molecule has 1 aliphatic carbocycles. The number of nitrogens with two attached hydrogens (primary N) is 1. The second-order valence-corrected chi connectivity index (χ2v) is 7.90. The fraction of sp³-hybridized carbons (Fsp3) is 0.538. The molecule has 1 aromatic carbocycles. The molecule has 5 heteroatoms. The maximum Gasteiger partial charge on any atom is 0.181 e. The largest absolute Gasteiger partial charge is 0.330 e. The zero-order valence-corrected chi connectivity index (χ0v) is 12.6. The third-order valence-electron chi connectivity index (χ3n) is 3.68. The third kappa shape index (κ3) is 2.78. The Morgan fingerprint density at radius 1 is 1.17 bits per heavy atom. The van der Waals surface area contributed by atoms with E-state index in [0.717, 1.165) is 30.2 Å². The van der Waals surface area contributed by atoms with Crippen molar-refractivity contribution >= 4 is 25.8 Å². The van der Waals surface area contributed by atoms with Gasteiger partial charge in [0.05, 0.1) is 10.1 Å². The minimum atomic E-state index is -3.24. The summed E-state index contributed by atoms with van der Waals surface area (Å²) >= 11 is 3.32. The van der Waals surface area contributed by atoms with Crippen LogP contribution in [0.25, 0.3) is 0 Å². The SMILES string of the molecule is NCC1CCCCC1S(=O)(=O)c1ccc(Br)cc1. The molecule has 0 amide bonds. The van der Waals surface area contributed by atoms with Crippen molar-refractivity contribution in [2.45, 2.75) is 35.8 Å². The van der Waals surface area contributed by atoms with Gasteiger partial charge >= 0.3 is 0 Å². The standard InChI is InChI=1S/C13H18BrNO2S/c14-11-5-7-12(8-6-11)18(16,17)13-4-2-1-3-10(13)9-15/h5-8,10,13H,1-4,9,15H2. The van der Waals surface area contributed by atoms with Crippen molar-refractivity contribution in [3.8, 4) is 0 Å². The maximum atomic E-state index is 12.6. The number of hydrogen-bond donors (Lipinski definition) is 1. The summed E-state index contributed by atoms with van der Waals surface area (Å²) in [4.78, 5) is 0.413. The molecule has 3 nitrogen and oxygen atoms in total. The van der Waals surface area contributed by atoms with Gasteiger partial charge in [0.15, 0.2) is 9.84 Å². The highest BCUT2D eigenvalue weighted by molar-refractivity contribution is 9.10. The van der Waals surface area contributed by atoms with E-state index in [2.05, 4.69) is 15.9 Å². The lowest BCUT2D eigenvalue weighted by Gasteiger charge is -2.30. The average molecular weight is 332 g/mol. The van der Waals surface area contributed by atoms with Crippen LogP contribution in [0.3, 0.4) is 0 Å². The van der Waals surface area contributed by atoms with Crippen molar-refractivity contribution in [1.82, 2.24) is 0 Å². The Bertz CT molecular complexity index is 498. The zero-order valence-electron chi connectivity index (χ0n) is 10.2.